The van der Waals surface area contributed by atoms with Gasteiger partial charge in [0.15, 0.2) is 0 Å². The molecule has 0 saturated carbocycles. The van der Waals surface area contributed by atoms with Crippen molar-refractivity contribution in [1.29, 1.82) is 0 Å². The Balaban J connectivity index is 2.12. The summed E-state index contributed by atoms with van der Waals surface area (Å²) in [6, 6.07) is 6.17. The van der Waals surface area contributed by atoms with Gasteiger partial charge in [0.1, 0.15) is 5.75 Å². The molecule has 0 aromatic heterocycles. The number of hydrogen-bond donors (Lipinski definition) is 1. The van der Waals surface area contributed by atoms with Crippen molar-refractivity contribution in [2.75, 3.05) is 19.7 Å². The fraction of sp³-hybridized carbons (Fsp3) is 0.600. The normalized spacial score (nSPS) is 22.9. The molecule has 1 aromatic rings. The topological polar surface area (TPSA) is 32.7 Å². The van der Waals surface area contributed by atoms with Crippen LogP contribution in [-0.4, -0.2) is 35.8 Å². The summed E-state index contributed by atoms with van der Waals surface area (Å²) < 4.78 is 5.69. The molecule has 0 radical (unpaired) electrons. The second kappa shape index (κ2) is 5.72. The summed E-state index contributed by atoms with van der Waals surface area (Å²) in [6.45, 7) is 8.98. The molecule has 18 heavy (non-hydrogen) atoms. The van der Waals surface area contributed by atoms with E-state index in [0.717, 1.165) is 37.2 Å². The molecule has 3 nitrogen and oxygen atoms in total. The highest BCUT2D eigenvalue weighted by molar-refractivity contribution is 5.37. The van der Waals surface area contributed by atoms with Crippen LogP contribution < -0.4 is 0 Å². The van der Waals surface area contributed by atoms with E-state index in [9.17, 15) is 5.11 Å². The molecule has 100 valence electrons. The predicted molar refractivity (Wildman–Crippen MR) is 72.9 cm³/mol. The fourth-order valence-corrected chi connectivity index (χ4v) is 2.54. The molecule has 1 aliphatic rings. The zero-order valence-electron chi connectivity index (χ0n) is 11.5. The quantitative estimate of drug-likeness (QED) is 0.894. The van der Waals surface area contributed by atoms with Gasteiger partial charge in [-0.25, -0.2) is 0 Å². The maximum absolute atomic E-state index is 10.1. The summed E-state index contributed by atoms with van der Waals surface area (Å²) in [7, 11) is 0. The molecule has 0 bridgehead atoms. The van der Waals surface area contributed by atoms with E-state index in [0.29, 0.717) is 11.9 Å². The van der Waals surface area contributed by atoms with Crippen LogP contribution in [0.2, 0.25) is 0 Å². The summed E-state index contributed by atoms with van der Waals surface area (Å²) >= 11 is 0. The van der Waals surface area contributed by atoms with Crippen molar-refractivity contribution in [3.8, 4) is 5.75 Å². The Morgan fingerprint density at radius 2 is 2.28 bits per heavy atom. The Hall–Kier alpha value is -1.06. The number of aryl methyl sites for hydroxylation is 1. The third-order valence-corrected chi connectivity index (χ3v) is 3.81. The van der Waals surface area contributed by atoms with Crippen molar-refractivity contribution in [1.82, 2.24) is 4.90 Å². The number of rotatable bonds is 3. The summed E-state index contributed by atoms with van der Waals surface area (Å²) in [5.74, 6) is 0.405. The minimum Gasteiger partial charge on any atom is -0.508 e. The van der Waals surface area contributed by atoms with Gasteiger partial charge >= 0.3 is 0 Å². The molecule has 0 amide bonds. The van der Waals surface area contributed by atoms with E-state index >= 15 is 0 Å². The van der Waals surface area contributed by atoms with E-state index in [2.05, 4.69) is 24.8 Å². The van der Waals surface area contributed by atoms with Crippen molar-refractivity contribution >= 4 is 0 Å². The second-order valence-electron chi connectivity index (χ2n) is 5.13. The number of phenols is 1. The first-order valence-electron chi connectivity index (χ1n) is 6.77. The lowest BCUT2D eigenvalue weighted by molar-refractivity contribution is -0.0427. The average molecular weight is 249 g/mol. The number of phenolic OH excluding ortho intramolecular Hbond substituents is 1. The maximum Gasteiger partial charge on any atom is 0.120 e. The maximum atomic E-state index is 10.1. The van der Waals surface area contributed by atoms with Crippen molar-refractivity contribution in [3.63, 3.8) is 0 Å². The molecule has 0 aliphatic carbocycles. The van der Waals surface area contributed by atoms with Gasteiger partial charge in [-0.05, 0) is 31.9 Å². The molecule has 1 fully saturated rings. The lowest BCUT2D eigenvalue weighted by atomic mass is 10.0. The zero-order chi connectivity index (χ0) is 13.1. The van der Waals surface area contributed by atoms with Crippen LogP contribution in [0.1, 0.15) is 37.4 Å². The van der Waals surface area contributed by atoms with Crippen LogP contribution in [0.5, 0.6) is 5.75 Å². The van der Waals surface area contributed by atoms with Gasteiger partial charge in [-0.2, -0.15) is 0 Å². The summed E-state index contributed by atoms with van der Waals surface area (Å²) in [5.41, 5.74) is 2.11. The predicted octanol–water partition coefficient (Wildman–Crippen LogP) is 2.87. The summed E-state index contributed by atoms with van der Waals surface area (Å²) in [6.07, 6.45) is 1.37. The molecule has 2 atom stereocenters. The number of ether oxygens (including phenoxy) is 1. The molecule has 1 aliphatic heterocycles. The Labute approximate surface area is 109 Å². The molecule has 3 heteroatoms. The highest BCUT2D eigenvalue weighted by Crippen LogP contribution is 2.30. The fourth-order valence-electron chi connectivity index (χ4n) is 2.54. The Morgan fingerprint density at radius 3 is 2.94 bits per heavy atom. The van der Waals surface area contributed by atoms with Crippen LogP contribution in [0, 0.1) is 6.92 Å². The van der Waals surface area contributed by atoms with Gasteiger partial charge in [-0.15, -0.1) is 0 Å². The van der Waals surface area contributed by atoms with Gasteiger partial charge in [0.25, 0.3) is 0 Å². The SMILES string of the molecule is CCC1CN(C(C)c2ccc(C)cc2O)CCO1. The number of nitrogens with zero attached hydrogens (tertiary/aromatic N) is 1. The first-order chi connectivity index (χ1) is 8.61. The average Bonchev–Trinajstić information content (AvgIpc) is 2.38. The summed E-state index contributed by atoms with van der Waals surface area (Å²) in [4.78, 5) is 2.39. The number of hydrogen-bond acceptors (Lipinski definition) is 3. The van der Waals surface area contributed by atoms with Gasteiger partial charge in [-0.3, -0.25) is 4.90 Å². The first-order valence-corrected chi connectivity index (χ1v) is 6.77. The molecular weight excluding hydrogens is 226 g/mol. The van der Waals surface area contributed by atoms with E-state index in [1.165, 1.54) is 0 Å². The number of aromatic hydroxyl groups is 1. The molecule has 0 spiro atoms. The summed E-state index contributed by atoms with van der Waals surface area (Å²) in [5, 5.41) is 10.1. The van der Waals surface area contributed by atoms with Crippen molar-refractivity contribution in [2.24, 2.45) is 0 Å². The highest BCUT2D eigenvalue weighted by atomic mass is 16.5. The highest BCUT2D eigenvalue weighted by Gasteiger charge is 2.25. The lowest BCUT2D eigenvalue weighted by Gasteiger charge is -2.37. The lowest BCUT2D eigenvalue weighted by Crippen LogP contribution is -2.43. The van der Waals surface area contributed by atoms with Crippen molar-refractivity contribution in [3.05, 3.63) is 29.3 Å². The standard InChI is InChI=1S/C15H23NO2/c1-4-13-10-16(7-8-18-13)12(3)14-6-5-11(2)9-15(14)17/h5-6,9,12-13,17H,4,7-8,10H2,1-3H3. The van der Waals surface area contributed by atoms with E-state index in [1.54, 1.807) is 0 Å². The number of benzene rings is 1. The van der Waals surface area contributed by atoms with Crippen molar-refractivity contribution < 1.29 is 9.84 Å². The molecular formula is C15H23NO2. The van der Waals surface area contributed by atoms with Gasteiger partial charge in [0.05, 0.1) is 12.7 Å². The van der Waals surface area contributed by atoms with Crippen LogP contribution in [0.3, 0.4) is 0 Å². The van der Waals surface area contributed by atoms with Crippen LogP contribution in [0.4, 0.5) is 0 Å². The Kier molecular flexibility index (Phi) is 4.25. The van der Waals surface area contributed by atoms with Crippen LogP contribution in [0.15, 0.2) is 18.2 Å². The van der Waals surface area contributed by atoms with Crippen LogP contribution >= 0.6 is 0 Å². The minimum atomic E-state index is 0.239. The molecule has 1 heterocycles. The van der Waals surface area contributed by atoms with E-state index < -0.39 is 0 Å². The van der Waals surface area contributed by atoms with Crippen LogP contribution in [-0.2, 0) is 4.74 Å². The molecule has 1 N–H and O–H groups in total. The largest absolute Gasteiger partial charge is 0.508 e. The minimum absolute atomic E-state index is 0.239. The third-order valence-electron chi connectivity index (χ3n) is 3.81. The van der Waals surface area contributed by atoms with Gasteiger partial charge in [0, 0.05) is 24.7 Å². The second-order valence-corrected chi connectivity index (χ2v) is 5.13. The Morgan fingerprint density at radius 1 is 1.50 bits per heavy atom. The number of morpholine rings is 1. The van der Waals surface area contributed by atoms with E-state index in [4.69, 9.17) is 4.74 Å². The van der Waals surface area contributed by atoms with E-state index in [1.807, 2.05) is 19.1 Å². The monoisotopic (exact) mass is 249 g/mol. The zero-order valence-corrected chi connectivity index (χ0v) is 11.5. The van der Waals surface area contributed by atoms with Crippen molar-refractivity contribution in [2.45, 2.75) is 39.3 Å². The molecule has 2 unspecified atom stereocenters. The Bertz CT molecular complexity index is 405. The van der Waals surface area contributed by atoms with Gasteiger partial charge in [-0.1, -0.05) is 19.1 Å². The molecule has 1 aromatic carbocycles. The smallest absolute Gasteiger partial charge is 0.120 e. The van der Waals surface area contributed by atoms with E-state index in [-0.39, 0.29) is 6.04 Å². The van der Waals surface area contributed by atoms with Gasteiger partial charge < -0.3 is 9.84 Å². The molecule has 2 rings (SSSR count). The third kappa shape index (κ3) is 2.85. The first kappa shape index (κ1) is 13.4. The molecule has 1 saturated heterocycles. The van der Waals surface area contributed by atoms with Gasteiger partial charge in [0.2, 0.25) is 0 Å². The van der Waals surface area contributed by atoms with Crippen LogP contribution in [0.25, 0.3) is 0 Å².